The number of carboxylic acid groups (broad SMARTS) is 1. The number of aliphatic carboxylic acids is 1. The van der Waals surface area contributed by atoms with E-state index in [0.29, 0.717) is 18.6 Å². The van der Waals surface area contributed by atoms with Gasteiger partial charge in [0.15, 0.2) is 0 Å². The molecule has 0 heterocycles. The average Bonchev–Trinajstić information content (AvgIpc) is 2.50. The minimum Gasteiger partial charge on any atom is -0.481 e. The molecule has 0 unspecified atom stereocenters. The number of carboxylic acids is 1. The van der Waals surface area contributed by atoms with E-state index in [2.05, 4.69) is 24.0 Å². The summed E-state index contributed by atoms with van der Waals surface area (Å²) in [6.07, 6.45) is 18.8. The molecule has 0 aromatic carbocycles. The van der Waals surface area contributed by atoms with E-state index in [-0.39, 0.29) is 6.42 Å². The predicted molar refractivity (Wildman–Crippen MR) is 89.6 cm³/mol. The molecule has 0 atom stereocenters. The van der Waals surface area contributed by atoms with Crippen molar-refractivity contribution in [2.45, 2.75) is 71.1 Å². The summed E-state index contributed by atoms with van der Waals surface area (Å²) in [4.78, 5) is 14.7. The van der Waals surface area contributed by atoms with Crippen LogP contribution in [0.2, 0.25) is 0 Å². The molecule has 0 aliphatic heterocycles. The maximum atomic E-state index is 10.3. The molecule has 0 aliphatic rings. The van der Waals surface area contributed by atoms with Crippen molar-refractivity contribution in [2.24, 2.45) is 0 Å². The number of unbranched alkanes of at least 4 members (excludes halogenated alkanes) is 5. The summed E-state index contributed by atoms with van der Waals surface area (Å²) in [6, 6.07) is 0. The maximum Gasteiger partial charge on any atom is 0.303 e. The van der Waals surface area contributed by atoms with Gasteiger partial charge in [-0.25, -0.2) is 5.26 Å². The molecular formula is C18H30O4. The summed E-state index contributed by atoms with van der Waals surface area (Å²) in [5.74, 6) is -0.203. The van der Waals surface area contributed by atoms with Crippen molar-refractivity contribution in [3.63, 3.8) is 0 Å². The SMILES string of the molecule is CCCCC/C=C/C/C=C(\C/C=C/CCCCC(=O)O)OO. The predicted octanol–water partition coefficient (Wildman–Crippen LogP) is 5.48. The van der Waals surface area contributed by atoms with Crippen molar-refractivity contribution in [3.8, 4) is 0 Å². The largest absolute Gasteiger partial charge is 0.481 e. The van der Waals surface area contributed by atoms with Crippen molar-refractivity contribution < 1.29 is 20.0 Å². The molecule has 0 spiro atoms. The fraction of sp³-hybridized carbons (Fsp3) is 0.611. The second-order valence-corrected chi connectivity index (χ2v) is 5.28. The Morgan fingerprint density at radius 2 is 1.68 bits per heavy atom. The minimum atomic E-state index is -0.745. The van der Waals surface area contributed by atoms with Gasteiger partial charge in [-0.2, -0.15) is 0 Å². The van der Waals surface area contributed by atoms with Gasteiger partial charge in [0.2, 0.25) is 0 Å². The van der Waals surface area contributed by atoms with Gasteiger partial charge in [0.25, 0.3) is 0 Å². The average molecular weight is 310 g/mol. The highest BCUT2D eigenvalue weighted by Gasteiger charge is 1.95. The lowest BCUT2D eigenvalue weighted by molar-refractivity contribution is -0.204. The van der Waals surface area contributed by atoms with Crippen molar-refractivity contribution in [1.29, 1.82) is 0 Å². The van der Waals surface area contributed by atoms with Crippen LogP contribution in [0.3, 0.4) is 0 Å². The first-order valence-corrected chi connectivity index (χ1v) is 8.23. The Labute approximate surface area is 134 Å². The Bertz CT molecular complexity index is 356. The first-order valence-electron chi connectivity index (χ1n) is 8.23. The van der Waals surface area contributed by atoms with Crippen LogP contribution in [0.5, 0.6) is 0 Å². The molecule has 4 nitrogen and oxygen atoms in total. The molecule has 126 valence electrons. The molecule has 4 heteroatoms. The summed E-state index contributed by atoms with van der Waals surface area (Å²) >= 11 is 0. The molecule has 0 rings (SSSR count). The molecule has 0 aliphatic carbocycles. The van der Waals surface area contributed by atoms with Crippen LogP contribution in [0.1, 0.15) is 71.1 Å². The van der Waals surface area contributed by atoms with E-state index in [1.54, 1.807) is 0 Å². The number of hydrogen-bond acceptors (Lipinski definition) is 3. The van der Waals surface area contributed by atoms with Crippen LogP contribution in [0.15, 0.2) is 36.1 Å². The van der Waals surface area contributed by atoms with Crippen molar-refractivity contribution in [2.75, 3.05) is 0 Å². The number of allylic oxidation sites excluding steroid dienone is 5. The Morgan fingerprint density at radius 3 is 2.32 bits per heavy atom. The van der Waals surface area contributed by atoms with Gasteiger partial charge in [-0.15, -0.1) is 0 Å². The molecule has 22 heavy (non-hydrogen) atoms. The number of hydrogen-bond donors (Lipinski definition) is 2. The van der Waals surface area contributed by atoms with Gasteiger partial charge < -0.3 is 9.99 Å². The van der Waals surface area contributed by atoms with E-state index in [4.69, 9.17) is 10.4 Å². The standard InChI is InChI=1S/C18H30O4/c1-2-3-4-5-6-8-11-14-17(22-21)15-12-9-7-10-13-16-18(19)20/h6,8-9,12,14,21H,2-5,7,10-11,13,15-16H2,1H3,(H,19,20)/b8-6+,12-9+,17-14+. The van der Waals surface area contributed by atoms with Gasteiger partial charge >= 0.3 is 5.97 Å². The van der Waals surface area contributed by atoms with Crippen LogP contribution in [0.4, 0.5) is 0 Å². The summed E-state index contributed by atoms with van der Waals surface area (Å²) in [5.41, 5.74) is 0. The fourth-order valence-electron chi connectivity index (χ4n) is 1.94. The van der Waals surface area contributed by atoms with Gasteiger partial charge in [0.05, 0.1) is 0 Å². The van der Waals surface area contributed by atoms with E-state index < -0.39 is 5.97 Å². The summed E-state index contributed by atoms with van der Waals surface area (Å²) in [7, 11) is 0. The molecule has 0 amide bonds. The highest BCUT2D eigenvalue weighted by Crippen LogP contribution is 2.08. The molecule has 0 saturated carbocycles. The first-order chi connectivity index (χ1) is 10.7. The zero-order chi connectivity index (χ0) is 16.5. The monoisotopic (exact) mass is 310 g/mol. The molecule has 0 radical (unpaired) electrons. The lowest BCUT2D eigenvalue weighted by atomic mass is 10.1. The highest BCUT2D eigenvalue weighted by atomic mass is 17.1. The second-order valence-electron chi connectivity index (χ2n) is 5.28. The summed E-state index contributed by atoms with van der Waals surface area (Å²) < 4.78 is 0. The van der Waals surface area contributed by atoms with Crippen molar-refractivity contribution in [3.05, 3.63) is 36.1 Å². The van der Waals surface area contributed by atoms with Gasteiger partial charge in [-0.3, -0.25) is 4.79 Å². The molecule has 0 bridgehead atoms. The zero-order valence-corrected chi connectivity index (χ0v) is 13.7. The molecule has 2 N–H and O–H groups in total. The van der Waals surface area contributed by atoms with E-state index >= 15 is 0 Å². The van der Waals surface area contributed by atoms with E-state index in [1.807, 2.05) is 18.2 Å². The Balaban J connectivity index is 3.75. The van der Waals surface area contributed by atoms with E-state index in [9.17, 15) is 4.79 Å². The maximum absolute atomic E-state index is 10.3. The van der Waals surface area contributed by atoms with Crippen LogP contribution in [0, 0.1) is 0 Å². The lowest BCUT2D eigenvalue weighted by Crippen LogP contribution is -1.92. The topological polar surface area (TPSA) is 66.8 Å². The summed E-state index contributed by atoms with van der Waals surface area (Å²) in [5, 5.41) is 17.3. The fourth-order valence-corrected chi connectivity index (χ4v) is 1.94. The lowest BCUT2D eigenvalue weighted by Gasteiger charge is -1.99. The highest BCUT2D eigenvalue weighted by molar-refractivity contribution is 5.66. The van der Waals surface area contributed by atoms with Gasteiger partial charge in [0, 0.05) is 12.8 Å². The third-order valence-electron chi connectivity index (χ3n) is 3.24. The Hall–Kier alpha value is -1.55. The first kappa shape index (κ1) is 20.5. The van der Waals surface area contributed by atoms with Crippen LogP contribution in [-0.2, 0) is 9.68 Å². The van der Waals surface area contributed by atoms with Crippen LogP contribution >= 0.6 is 0 Å². The molecular weight excluding hydrogens is 280 g/mol. The van der Waals surface area contributed by atoms with E-state index in [1.165, 1.54) is 19.3 Å². The van der Waals surface area contributed by atoms with Crippen LogP contribution < -0.4 is 0 Å². The third kappa shape index (κ3) is 14.9. The molecule has 0 fully saturated rings. The smallest absolute Gasteiger partial charge is 0.303 e. The number of carbonyl (C=O) groups is 1. The van der Waals surface area contributed by atoms with Gasteiger partial charge in [0.1, 0.15) is 5.76 Å². The van der Waals surface area contributed by atoms with E-state index in [0.717, 1.165) is 25.7 Å². The Morgan fingerprint density at radius 1 is 1.00 bits per heavy atom. The second kappa shape index (κ2) is 15.8. The third-order valence-corrected chi connectivity index (χ3v) is 3.24. The summed E-state index contributed by atoms with van der Waals surface area (Å²) in [6.45, 7) is 2.19. The van der Waals surface area contributed by atoms with Crippen molar-refractivity contribution in [1.82, 2.24) is 0 Å². The normalized spacial score (nSPS) is 12.4. The van der Waals surface area contributed by atoms with Crippen LogP contribution in [-0.4, -0.2) is 16.3 Å². The van der Waals surface area contributed by atoms with Gasteiger partial charge in [-0.05, 0) is 44.6 Å². The van der Waals surface area contributed by atoms with Crippen molar-refractivity contribution >= 4 is 5.97 Å². The quantitative estimate of drug-likeness (QED) is 0.147. The molecule has 0 aromatic heterocycles. The zero-order valence-electron chi connectivity index (χ0n) is 13.7. The number of rotatable bonds is 14. The molecule has 0 saturated heterocycles. The molecule has 0 aromatic rings. The van der Waals surface area contributed by atoms with Crippen LogP contribution in [0.25, 0.3) is 0 Å². The minimum absolute atomic E-state index is 0.226. The Kier molecular flexibility index (Phi) is 14.7. The van der Waals surface area contributed by atoms with Gasteiger partial charge in [-0.1, -0.05) is 44.1 Å².